The van der Waals surface area contributed by atoms with E-state index >= 15 is 0 Å². The Hall–Kier alpha value is -2.56. The number of nitrogens with zero attached hydrogens (tertiary/aromatic N) is 2. The predicted molar refractivity (Wildman–Crippen MR) is 100 cm³/mol. The van der Waals surface area contributed by atoms with Gasteiger partial charge in [0.2, 0.25) is 5.82 Å². The van der Waals surface area contributed by atoms with Crippen molar-refractivity contribution in [3.05, 3.63) is 57.8 Å². The van der Waals surface area contributed by atoms with Gasteiger partial charge in [-0.1, -0.05) is 15.9 Å². The molecule has 0 fully saturated rings. The summed E-state index contributed by atoms with van der Waals surface area (Å²) in [5, 5.41) is 3.03. The van der Waals surface area contributed by atoms with E-state index in [1.54, 1.807) is 0 Å². The van der Waals surface area contributed by atoms with Crippen molar-refractivity contribution in [3.8, 4) is 0 Å². The van der Waals surface area contributed by atoms with Crippen molar-refractivity contribution >= 4 is 38.3 Å². The van der Waals surface area contributed by atoms with Gasteiger partial charge in [0.1, 0.15) is 5.82 Å². The quantitative estimate of drug-likeness (QED) is 0.348. The number of benzene rings is 2. The van der Waals surface area contributed by atoms with Crippen LogP contribution >= 0.6 is 15.9 Å². The van der Waals surface area contributed by atoms with Crippen molar-refractivity contribution in [2.75, 3.05) is 11.1 Å². The lowest BCUT2D eigenvalue weighted by Crippen LogP contribution is -2.16. The Labute approximate surface area is 169 Å². The molecular weight excluding hydrogens is 466 g/mol. The van der Waals surface area contributed by atoms with Gasteiger partial charge in [0.05, 0.1) is 17.1 Å². The molecule has 0 radical (unpaired) electrons. The van der Waals surface area contributed by atoms with Crippen LogP contribution in [0.3, 0.4) is 0 Å². The summed E-state index contributed by atoms with van der Waals surface area (Å²) < 4.78 is 79.2. The van der Waals surface area contributed by atoms with Gasteiger partial charge in [-0.15, -0.1) is 0 Å². The van der Waals surface area contributed by atoms with Crippen LogP contribution in [-0.2, 0) is 12.4 Å². The van der Waals surface area contributed by atoms with E-state index in [2.05, 4.69) is 31.2 Å². The second-order valence-corrected chi connectivity index (χ2v) is 7.22. The van der Waals surface area contributed by atoms with Crippen LogP contribution in [0.25, 0.3) is 10.9 Å². The molecule has 0 aliphatic heterocycles. The Kier molecular flexibility index (Phi) is 5.37. The Morgan fingerprint density at radius 3 is 2.28 bits per heavy atom. The summed E-state index contributed by atoms with van der Waals surface area (Å²) in [6.45, 7) is 1.49. The third-order valence-electron chi connectivity index (χ3n) is 4.07. The molecule has 0 aliphatic rings. The van der Waals surface area contributed by atoms with E-state index in [-0.39, 0.29) is 28.0 Å². The number of anilines is 2. The van der Waals surface area contributed by atoms with Crippen LogP contribution in [0.2, 0.25) is 0 Å². The van der Waals surface area contributed by atoms with Gasteiger partial charge in [-0.05, 0) is 48.9 Å². The minimum atomic E-state index is -4.79. The number of rotatable bonds is 3. The summed E-state index contributed by atoms with van der Waals surface area (Å²) in [5.74, 6) is -1.52. The molecule has 0 bridgehead atoms. The Bertz CT molecular complexity index is 1060. The summed E-state index contributed by atoms with van der Waals surface area (Å²) >= 11 is 3.23. The van der Waals surface area contributed by atoms with Gasteiger partial charge in [0.15, 0.2) is 0 Å². The lowest BCUT2D eigenvalue weighted by Gasteiger charge is -2.19. The second kappa shape index (κ2) is 7.36. The molecule has 3 aromatic rings. The molecule has 0 unspecified atom stereocenters. The van der Waals surface area contributed by atoms with Gasteiger partial charge in [-0.2, -0.15) is 26.3 Å². The highest BCUT2D eigenvalue weighted by atomic mass is 79.9. The molecule has 2 aromatic carbocycles. The van der Waals surface area contributed by atoms with Gasteiger partial charge in [0, 0.05) is 15.5 Å². The van der Waals surface area contributed by atoms with Gasteiger partial charge >= 0.3 is 12.4 Å². The highest BCUT2D eigenvalue weighted by molar-refractivity contribution is 9.10. The van der Waals surface area contributed by atoms with E-state index in [0.717, 1.165) is 12.1 Å². The molecular formula is C18H13BrF6N4. The van der Waals surface area contributed by atoms with E-state index in [1.165, 1.54) is 31.2 Å². The van der Waals surface area contributed by atoms with Crippen LogP contribution in [0.15, 0.2) is 40.9 Å². The molecule has 0 amide bonds. The smallest absolute Gasteiger partial charge is 0.399 e. The zero-order valence-electron chi connectivity index (χ0n) is 14.7. The molecule has 11 heteroatoms. The van der Waals surface area contributed by atoms with Crippen LogP contribution in [0.4, 0.5) is 37.8 Å². The summed E-state index contributed by atoms with van der Waals surface area (Å²) in [6.07, 6.45) is -9.40. The minimum Gasteiger partial charge on any atom is -0.399 e. The first kappa shape index (κ1) is 21.2. The zero-order chi connectivity index (χ0) is 21.6. The third-order valence-corrected chi connectivity index (χ3v) is 4.56. The Morgan fingerprint density at radius 1 is 0.966 bits per heavy atom. The molecule has 1 aromatic heterocycles. The summed E-state index contributed by atoms with van der Waals surface area (Å²) in [7, 11) is 0. The molecule has 0 saturated heterocycles. The van der Waals surface area contributed by atoms with Gasteiger partial charge in [-0.25, -0.2) is 9.97 Å². The molecule has 154 valence electrons. The molecule has 29 heavy (non-hydrogen) atoms. The topological polar surface area (TPSA) is 63.8 Å². The van der Waals surface area contributed by atoms with Crippen LogP contribution in [0, 0.1) is 0 Å². The fourth-order valence-corrected chi connectivity index (χ4v) is 3.08. The molecule has 3 N–H and O–H groups in total. The second-order valence-electron chi connectivity index (χ2n) is 6.31. The highest BCUT2D eigenvalue weighted by Crippen LogP contribution is 2.35. The van der Waals surface area contributed by atoms with E-state index in [0.29, 0.717) is 4.47 Å². The van der Waals surface area contributed by atoms with Crippen molar-refractivity contribution in [2.45, 2.75) is 25.3 Å². The van der Waals surface area contributed by atoms with E-state index in [1.807, 2.05) is 0 Å². The number of nitrogens with one attached hydrogen (secondary N) is 1. The molecule has 1 atom stereocenters. The number of nitrogen functional groups attached to an aromatic ring is 1. The lowest BCUT2D eigenvalue weighted by atomic mass is 10.0. The van der Waals surface area contributed by atoms with Crippen LogP contribution in [-0.4, -0.2) is 9.97 Å². The van der Waals surface area contributed by atoms with E-state index in [4.69, 9.17) is 5.73 Å². The fourth-order valence-electron chi connectivity index (χ4n) is 2.72. The first-order chi connectivity index (χ1) is 13.3. The standard InChI is InChI=1S/C18H13BrF6N4/c1-8(9-4-10(17(20,21)22)6-12(26)5-9)27-15-13-7-11(19)2-3-14(13)28-16(29-15)18(23,24)25/h2-8H,26H2,1H3,(H,27,28,29)/t8-/m1/s1. The summed E-state index contributed by atoms with van der Waals surface area (Å²) in [6, 6.07) is 6.59. The fraction of sp³-hybridized carbons (Fsp3) is 0.222. The first-order valence-corrected chi connectivity index (χ1v) is 8.92. The number of fused-ring (bicyclic) bond motifs is 1. The predicted octanol–water partition coefficient (Wildman–Crippen LogP) is 6.19. The average molecular weight is 479 g/mol. The zero-order valence-corrected chi connectivity index (χ0v) is 16.2. The number of hydrogen-bond acceptors (Lipinski definition) is 4. The third kappa shape index (κ3) is 4.72. The maximum atomic E-state index is 13.2. The van der Waals surface area contributed by atoms with Crippen LogP contribution in [0.5, 0.6) is 0 Å². The van der Waals surface area contributed by atoms with Crippen molar-refractivity contribution in [3.63, 3.8) is 0 Å². The van der Waals surface area contributed by atoms with Crippen molar-refractivity contribution in [1.82, 2.24) is 9.97 Å². The molecule has 1 heterocycles. The number of hydrogen-bond donors (Lipinski definition) is 2. The van der Waals surface area contributed by atoms with E-state index < -0.39 is 29.8 Å². The Balaban J connectivity index is 2.07. The maximum absolute atomic E-state index is 13.2. The average Bonchev–Trinajstić information content (AvgIpc) is 2.59. The van der Waals surface area contributed by atoms with Gasteiger partial charge < -0.3 is 11.1 Å². The van der Waals surface area contributed by atoms with Crippen molar-refractivity contribution in [1.29, 1.82) is 0 Å². The SMILES string of the molecule is C[C@@H](Nc1nc(C(F)(F)F)nc2ccc(Br)cc12)c1cc(N)cc(C(F)(F)F)c1. The monoisotopic (exact) mass is 478 g/mol. The largest absolute Gasteiger partial charge is 0.451 e. The molecule has 0 spiro atoms. The summed E-state index contributed by atoms with van der Waals surface area (Å²) in [4.78, 5) is 7.07. The first-order valence-electron chi connectivity index (χ1n) is 8.13. The van der Waals surface area contributed by atoms with Crippen LogP contribution < -0.4 is 11.1 Å². The van der Waals surface area contributed by atoms with Crippen molar-refractivity contribution in [2.24, 2.45) is 0 Å². The number of halogens is 7. The number of nitrogens with two attached hydrogens (primary N) is 1. The van der Waals surface area contributed by atoms with Gasteiger partial charge in [0.25, 0.3) is 0 Å². The Morgan fingerprint density at radius 2 is 1.66 bits per heavy atom. The van der Waals surface area contributed by atoms with Crippen LogP contribution in [0.1, 0.15) is 29.9 Å². The number of aromatic nitrogens is 2. The summed E-state index contributed by atoms with van der Waals surface area (Å²) in [5.41, 5.74) is 4.68. The van der Waals surface area contributed by atoms with E-state index in [9.17, 15) is 26.3 Å². The molecule has 4 nitrogen and oxygen atoms in total. The minimum absolute atomic E-state index is 0.0359. The maximum Gasteiger partial charge on any atom is 0.451 e. The molecule has 3 rings (SSSR count). The number of alkyl halides is 6. The lowest BCUT2D eigenvalue weighted by molar-refractivity contribution is -0.144. The molecule has 0 aliphatic carbocycles. The highest BCUT2D eigenvalue weighted by Gasteiger charge is 2.36. The van der Waals surface area contributed by atoms with Gasteiger partial charge in [-0.3, -0.25) is 0 Å². The molecule has 0 saturated carbocycles. The normalized spacial score (nSPS) is 13.5. The van der Waals surface area contributed by atoms with Crippen molar-refractivity contribution < 1.29 is 26.3 Å².